The van der Waals surface area contributed by atoms with Gasteiger partial charge < -0.3 is 10.5 Å². The molecule has 5 nitrogen and oxygen atoms in total. The van der Waals surface area contributed by atoms with Gasteiger partial charge in [0.2, 0.25) is 0 Å². The zero-order valence-corrected chi connectivity index (χ0v) is 14.3. The summed E-state index contributed by atoms with van der Waals surface area (Å²) in [4.78, 5) is 18.6. The lowest BCUT2D eigenvalue weighted by atomic mass is 10.2. The Labute approximate surface area is 144 Å². The Kier molecular flexibility index (Phi) is 7.94. The molecule has 0 aliphatic heterocycles. The van der Waals surface area contributed by atoms with Gasteiger partial charge in [-0.25, -0.2) is 9.37 Å². The van der Waals surface area contributed by atoms with Gasteiger partial charge in [0.05, 0.1) is 13.2 Å². The quantitative estimate of drug-likeness (QED) is 0.770. The minimum atomic E-state index is -0.290. The largest absolute Gasteiger partial charge is 0.465 e. The summed E-state index contributed by atoms with van der Waals surface area (Å²) in [6.07, 6.45) is 1.70. The summed E-state index contributed by atoms with van der Waals surface area (Å²) in [5.41, 5.74) is 6.55. The van der Waals surface area contributed by atoms with Crippen molar-refractivity contribution in [3.8, 4) is 0 Å². The Bertz CT molecular complexity index is 621. The van der Waals surface area contributed by atoms with Crippen LogP contribution in [0.15, 0.2) is 30.5 Å². The molecular formula is C15H19ClFN3O2S. The molecule has 0 saturated carbocycles. The normalized spacial score (nSPS) is 10.4. The van der Waals surface area contributed by atoms with E-state index in [1.165, 1.54) is 23.5 Å². The maximum Gasteiger partial charge on any atom is 0.320 e. The average Bonchev–Trinajstić information content (AvgIpc) is 2.87. The number of halogens is 2. The zero-order chi connectivity index (χ0) is 15.9. The third-order valence-corrected chi connectivity index (χ3v) is 3.74. The van der Waals surface area contributed by atoms with Gasteiger partial charge in [0.25, 0.3) is 0 Å². The second-order valence-electron chi connectivity index (χ2n) is 4.74. The van der Waals surface area contributed by atoms with E-state index in [-0.39, 0.29) is 30.7 Å². The Hall–Kier alpha value is -1.70. The third-order valence-electron chi connectivity index (χ3n) is 2.93. The Balaban J connectivity index is 0.00000264. The fourth-order valence-electron chi connectivity index (χ4n) is 2.02. The SMILES string of the molecule is CCOC(=O)CN(Cc1ccc(F)cc1)Cc1cnc(N)s1.Cl. The predicted molar refractivity (Wildman–Crippen MR) is 90.9 cm³/mol. The smallest absolute Gasteiger partial charge is 0.320 e. The predicted octanol–water partition coefficient (Wildman–Crippen LogP) is 2.85. The van der Waals surface area contributed by atoms with Crippen LogP contribution in [0.3, 0.4) is 0 Å². The minimum Gasteiger partial charge on any atom is -0.465 e. The first-order valence-corrected chi connectivity index (χ1v) is 7.71. The monoisotopic (exact) mass is 359 g/mol. The number of hydrogen-bond donors (Lipinski definition) is 1. The lowest BCUT2D eigenvalue weighted by Gasteiger charge is -2.20. The molecule has 2 N–H and O–H groups in total. The molecule has 0 atom stereocenters. The second kappa shape index (κ2) is 9.44. The third kappa shape index (κ3) is 6.52. The van der Waals surface area contributed by atoms with Crippen LogP contribution in [0.2, 0.25) is 0 Å². The number of thiazole rings is 1. The molecule has 23 heavy (non-hydrogen) atoms. The molecule has 126 valence electrons. The van der Waals surface area contributed by atoms with Crippen LogP contribution >= 0.6 is 23.7 Å². The standard InChI is InChI=1S/C15H18FN3O2S.ClH/c1-2-21-14(20)10-19(9-13-7-18-15(17)22-13)8-11-3-5-12(16)6-4-11;/h3-7H,2,8-10H2,1H3,(H2,17,18);1H. The number of ether oxygens (including phenoxy) is 1. The number of carbonyl (C=O) groups is 1. The van der Waals surface area contributed by atoms with Crippen molar-refractivity contribution in [2.24, 2.45) is 0 Å². The zero-order valence-electron chi connectivity index (χ0n) is 12.7. The van der Waals surface area contributed by atoms with Crippen molar-refractivity contribution in [2.75, 3.05) is 18.9 Å². The van der Waals surface area contributed by atoms with Gasteiger partial charge >= 0.3 is 5.97 Å². The van der Waals surface area contributed by atoms with Gasteiger partial charge in [0, 0.05) is 24.2 Å². The van der Waals surface area contributed by atoms with Crippen LogP contribution in [0.5, 0.6) is 0 Å². The van der Waals surface area contributed by atoms with E-state index in [4.69, 9.17) is 10.5 Å². The lowest BCUT2D eigenvalue weighted by molar-refractivity contribution is -0.144. The summed E-state index contributed by atoms with van der Waals surface area (Å²) in [5, 5.41) is 0.493. The van der Waals surface area contributed by atoms with Crippen molar-refractivity contribution in [3.05, 3.63) is 46.7 Å². The highest BCUT2D eigenvalue weighted by molar-refractivity contribution is 7.15. The molecule has 0 saturated heterocycles. The first kappa shape index (κ1) is 19.3. The summed E-state index contributed by atoms with van der Waals surface area (Å²) < 4.78 is 18.0. The summed E-state index contributed by atoms with van der Waals surface area (Å²) in [6.45, 7) is 3.31. The summed E-state index contributed by atoms with van der Waals surface area (Å²) in [7, 11) is 0. The number of nitrogens with two attached hydrogens (primary N) is 1. The number of aromatic nitrogens is 1. The van der Waals surface area contributed by atoms with E-state index in [9.17, 15) is 9.18 Å². The van der Waals surface area contributed by atoms with Gasteiger partial charge in [-0.15, -0.1) is 23.7 Å². The molecule has 0 aliphatic carbocycles. The van der Waals surface area contributed by atoms with Gasteiger partial charge in [0.15, 0.2) is 5.13 Å². The summed E-state index contributed by atoms with van der Waals surface area (Å²) in [6, 6.07) is 6.22. The van der Waals surface area contributed by atoms with Crippen LogP contribution in [0.25, 0.3) is 0 Å². The van der Waals surface area contributed by atoms with Crippen LogP contribution in [0.4, 0.5) is 9.52 Å². The van der Waals surface area contributed by atoms with Crippen LogP contribution in [-0.4, -0.2) is 29.0 Å². The fraction of sp³-hybridized carbons (Fsp3) is 0.333. The molecule has 1 heterocycles. The highest BCUT2D eigenvalue weighted by atomic mass is 35.5. The van der Waals surface area contributed by atoms with E-state index in [0.717, 1.165) is 10.4 Å². The van der Waals surface area contributed by atoms with Crippen molar-refractivity contribution < 1.29 is 13.9 Å². The van der Waals surface area contributed by atoms with Crippen LogP contribution in [-0.2, 0) is 22.6 Å². The van der Waals surface area contributed by atoms with E-state index in [0.29, 0.717) is 24.8 Å². The first-order chi connectivity index (χ1) is 10.6. The molecule has 2 rings (SSSR count). The van der Waals surface area contributed by atoms with Crippen molar-refractivity contribution >= 4 is 34.8 Å². The molecule has 0 fully saturated rings. The van der Waals surface area contributed by atoms with Gasteiger partial charge in [-0.2, -0.15) is 0 Å². The molecule has 0 bridgehead atoms. The number of esters is 1. The Morgan fingerprint density at radius 1 is 1.35 bits per heavy atom. The first-order valence-electron chi connectivity index (χ1n) is 6.89. The number of nitrogen functional groups attached to an aromatic ring is 1. The molecule has 1 aromatic heterocycles. The summed E-state index contributed by atoms with van der Waals surface area (Å²) in [5.74, 6) is -0.571. The molecule has 1 aromatic carbocycles. The fourth-order valence-corrected chi connectivity index (χ4v) is 2.75. The number of benzene rings is 1. The van der Waals surface area contributed by atoms with E-state index in [2.05, 4.69) is 4.98 Å². The van der Waals surface area contributed by atoms with Crippen LogP contribution in [0.1, 0.15) is 17.4 Å². The number of rotatable bonds is 7. The van der Waals surface area contributed by atoms with E-state index in [1.807, 2.05) is 4.90 Å². The van der Waals surface area contributed by atoms with Crippen molar-refractivity contribution in [1.82, 2.24) is 9.88 Å². The topological polar surface area (TPSA) is 68.5 Å². The minimum absolute atomic E-state index is 0. The molecule has 0 unspecified atom stereocenters. The lowest BCUT2D eigenvalue weighted by Crippen LogP contribution is -2.30. The van der Waals surface area contributed by atoms with Crippen molar-refractivity contribution in [2.45, 2.75) is 20.0 Å². The summed E-state index contributed by atoms with van der Waals surface area (Å²) >= 11 is 1.38. The molecular weight excluding hydrogens is 341 g/mol. The van der Waals surface area contributed by atoms with Gasteiger partial charge in [-0.3, -0.25) is 9.69 Å². The van der Waals surface area contributed by atoms with Gasteiger partial charge in [-0.1, -0.05) is 12.1 Å². The van der Waals surface area contributed by atoms with E-state index < -0.39 is 0 Å². The van der Waals surface area contributed by atoms with Crippen molar-refractivity contribution in [3.63, 3.8) is 0 Å². The molecule has 0 amide bonds. The second-order valence-corrected chi connectivity index (χ2v) is 5.89. The van der Waals surface area contributed by atoms with Crippen LogP contribution in [0, 0.1) is 5.82 Å². The van der Waals surface area contributed by atoms with Crippen molar-refractivity contribution in [1.29, 1.82) is 0 Å². The highest BCUT2D eigenvalue weighted by Gasteiger charge is 2.14. The number of hydrogen-bond acceptors (Lipinski definition) is 6. The molecule has 0 radical (unpaired) electrons. The number of nitrogens with zero attached hydrogens (tertiary/aromatic N) is 2. The van der Waals surface area contributed by atoms with Crippen LogP contribution < -0.4 is 5.73 Å². The molecule has 8 heteroatoms. The Morgan fingerprint density at radius 2 is 2.04 bits per heavy atom. The number of anilines is 1. The molecule has 0 aliphatic rings. The molecule has 2 aromatic rings. The Morgan fingerprint density at radius 3 is 2.61 bits per heavy atom. The average molecular weight is 360 g/mol. The highest BCUT2D eigenvalue weighted by Crippen LogP contribution is 2.18. The maximum atomic E-state index is 13.0. The van der Waals surface area contributed by atoms with E-state index >= 15 is 0 Å². The van der Waals surface area contributed by atoms with E-state index in [1.54, 1.807) is 25.3 Å². The van der Waals surface area contributed by atoms with Gasteiger partial charge in [-0.05, 0) is 24.6 Å². The van der Waals surface area contributed by atoms with Gasteiger partial charge in [0.1, 0.15) is 5.82 Å². The molecule has 0 spiro atoms. The number of carbonyl (C=O) groups excluding carboxylic acids is 1. The maximum absolute atomic E-state index is 13.0.